The van der Waals surface area contributed by atoms with Crippen molar-refractivity contribution < 1.29 is 13.9 Å². The van der Waals surface area contributed by atoms with Crippen molar-refractivity contribution in [2.75, 3.05) is 7.11 Å². The lowest BCUT2D eigenvalue weighted by molar-refractivity contribution is 0.112. The summed E-state index contributed by atoms with van der Waals surface area (Å²) >= 11 is 0. The first-order chi connectivity index (χ1) is 6.27. The van der Waals surface area contributed by atoms with Gasteiger partial charge in [0.15, 0.2) is 11.6 Å². The van der Waals surface area contributed by atoms with Crippen molar-refractivity contribution in [2.24, 2.45) is 0 Å². The van der Waals surface area contributed by atoms with Gasteiger partial charge < -0.3 is 4.74 Å². The Hall–Kier alpha value is -1.38. The lowest BCUT2D eigenvalue weighted by atomic mass is 10.2. The molecule has 0 heterocycles. The molecule has 0 aliphatic rings. The van der Waals surface area contributed by atoms with E-state index >= 15 is 0 Å². The Bertz CT molecular complexity index is 272. The Balaban J connectivity index is 0.000000671. The van der Waals surface area contributed by atoms with Gasteiger partial charge in [-0.3, -0.25) is 4.79 Å². The molecule has 0 aliphatic heterocycles. The highest BCUT2D eigenvalue weighted by Gasteiger charge is 2.01. The van der Waals surface area contributed by atoms with Gasteiger partial charge in [0.05, 0.1) is 7.11 Å². The van der Waals surface area contributed by atoms with E-state index in [1.165, 1.54) is 19.2 Å². The van der Waals surface area contributed by atoms with Crippen LogP contribution in [0.2, 0.25) is 0 Å². The van der Waals surface area contributed by atoms with Crippen LogP contribution in [-0.2, 0) is 0 Å². The van der Waals surface area contributed by atoms with Crippen molar-refractivity contribution >= 4 is 6.29 Å². The number of carbonyl (C=O) groups excluding carboxylic acids is 1. The highest BCUT2D eigenvalue weighted by atomic mass is 19.1. The topological polar surface area (TPSA) is 26.3 Å². The molecule has 0 atom stereocenters. The monoisotopic (exact) mass is 184 g/mol. The number of ether oxygens (including phenoxy) is 1. The van der Waals surface area contributed by atoms with E-state index in [1.54, 1.807) is 0 Å². The maximum Gasteiger partial charge on any atom is 0.165 e. The average molecular weight is 184 g/mol. The third-order valence-corrected chi connectivity index (χ3v) is 1.31. The van der Waals surface area contributed by atoms with Gasteiger partial charge in [0.1, 0.15) is 6.29 Å². The molecule has 0 saturated heterocycles. The van der Waals surface area contributed by atoms with Gasteiger partial charge in [-0.25, -0.2) is 4.39 Å². The average Bonchev–Trinajstić information content (AvgIpc) is 2.20. The van der Waals surface area contributed by atoms with Gasteiger partial charge in [0.2, 0.25) is 0 Å². The van der Waals surface area contributed by atoms with Gasteiger partial charge >= 0.3 is 0 Å². The number of aldehydes is 1. The minimum atomic E-state index is -0.517. The van der Waals surface area contributed by atoms with Gasteiger partial charge in [0.25, 0.3) is 0 Å². The zero-order chi connectivity index (χ0) is 10.3. The molecule has 0 aromatic heterocycles. The predicted octanol–water partition coefficient (Wildman–Crippen LogP) is 2.67. The Morgan fingerprint density at radius 3 is 2.38 bits per heavy atom. The van der Waals surface area contributed by atoms with Crippen LogP contribution in [0, 0.1) is 5.82 Å². The molecule has 0 saturated carbocycles. The molecule has 0 bridgehead atoms. The molecule has 13 heavy (non-hydrogen) atoms. The predicted molar refractivity (Wildman–Crippen MR) is 49.7 cm³/mol. The number of hydrogen-bond acceptors (Lipinski definition) is 2. The van der Waals surface area contributed by atoms with Crippen molar-refractivity contribution in [3.63, 3.8) is 0 Å². The fourth-order valence-electron chi connectivity index (χ4n) is 0.756. The van der Waals surface area contributed by atoms with E-state index in [0.29, 0.717) is 11.8 Å². The van der Waals surface area contributed by atoms with E-state index in [2.05, 4.69) is 4.74 Å². The van der Waals surface area contributed by atoms with Gasteiger partial charge in [-0.05, 0) is 18.2 Å². The summed E-state index contributed by atoms with van der Waals surface area (Å²) in [4.78, 5) is 10.2. The Kier molecular flexibility index (Phi) is 5.52. The van der Waals surface area contributed by atoms with E-state index < -0.39 is 5.82 Å². The molecule has 1 aromatic rings. The molecule has 2 nitrogen and oxygen atoms in total. The van der Waals surface area contributed by atoms with Crippen LogP contribution in [0.4, 0.5) is 4.39 Å². The Labute approximate surface area is 77.3 Å². The van der Waals surface area contributed by atoms with E-state index in [0.717, 1.165) is 6.07 Å². The smallest absolute Gasteiger partial charge is 0.165 e. The Morgan fingerprint density at radius 1 is 1.38 bits per heavy atom. The fourth-order valence-corrected chi connectivity index (χ4v) is 0.756. The molecule has 0 N–H and O–H groups in total. The normalized spacial score (nSPS) is 8.31. The lowest BCUT2D eigenvalue weighted by Crippen LogP contribution is -1.89. The van der Waals surface area contributed by atoms with Crippen molar-refractivity contribution in [1.82, 2.24) is 0 Å². The number of halogens is 1. The molecule has 0 spiro atoms. The second kappa shape index (κ2) is 6.17. The van der Waals surface area contributed by atoms with Crippen molar-refractivity contribution in [1.29, 1.82) is 0 Å². The summed E-state index contributed by atoms with van der Waals surface area (Å²) in [5.74, 6) is -0.368. The van der Waals surface area contributed by atoms with Crippen LogP contribution < -0.4 is 4.74 Å². The van der Waals surface area contributed by atoms with E-state index in [1.807, 2.05) is 13.8 Å². The maximum absolute atomic E-state index is 12.8. The van der Waals surface area contributed by atoms with Crippen LogP contribution in [0.15, 0.2) is 18.2 Å². The third kappa shape index (κ3) is 3.23. The molecule has 0 amide bonds. The number of rotatable bonds is 2. The van der Waals surface area contributed by atoms with E-state index in [4.69, 9.17) is 0 Å². The van der Waals surface area contributed by atoms with Gasteiger partial charge in [-0.1, -0.05) is 13.8 Å². The van der Waals surface area contributed by atoms with Crippen LogP contribution >= 0.6 is 0 Å². The Morgan fingerprint density at radius 2 is 2.00 bits per heavy atom. The minimum absolute atomic E-state index is 0.149. The number of hydrogen-bond donors (Lipinski definition) is 0. The molecule has 0 radical (unpaired) electrons. The van der Waals surface area contributed by atoms with Crippen LogP contribution in [0.3, 0.4) is 0 Å². The molecule has 0 aliphatic carbocycles. The summed E-state index contributed by atoms with van der Waals surface area (Å²) in [6.07, 6.45) is 0.586. The van der Waals surface area contributed by atoms with Crippen LogP contribution in [0.1, 0.15) is 24.2 Å². The molecule has 1 aromatic carbocycles. The first-order valence-electron chi connectivity index (χ1n) is 4.06. The summed E-state index contributed by atoms with van der Waals surface area (Å²) in [5, 5.41) is 0. The molecular formula is C10H13FO2. The summed E-state index contributed by atoms with van der Waals surface area (Å²) in [6.45, 7) is 4.00. The van der Waals surface area contributed by atoms with Gasteiger partial charge in [0, 0.05) is 5.56 Å². The van der Waals surface area contributed by atoms with Crippen molar-refractivity contribution in [3.8, 4) is 5.75 Å². The van der Waals surface area contributed by atoms with E-state index in [9.17, 15) is 9.18 Å². The summed E-state index contributed by atoms with van der Waals surface area (Å²) in [7, 11) is 1.37. The quantitative estimate of drug-likeness (QED) is 0.660. The first kappa shape index (κ1) is 11.6. The molecular weight excluding hydrogens is 171 g/mol. The number of benzene rings is 1. The molecule has 0 fully saturated rings. The standard InChI is InChI=1S/C8H7FO2.C2H6/c1-11-8-3-2-6(5-10)4-7(8)9;1-2/h2-5H,1H3;1-2H3. The fraction of sp³-hybridized carbons (Fsp3) is 0.300. The van der Waals surface area contributed by atoms with Gasteiger partial charge in [-0.15, -0.1) is 0 Å². The summed E-state index contributed by atoms with van der Waals surface area (Å²) < 4.78 is 17.4. The highest BCUT2D eigenvalue weighted by Crippen LogP contribution is 2.16. The lowest BCUT2D eigenvalue weighted by Gasteiger charge is -1.99. The zero-order valence-corrected chi connectivity index (χ0v) is 8.00. The zero-order valence-electron chi connectivity index (χ0n) is 8.00. The number of methoxy groups -OCH3 is 1. The summed E-state index contributed by atoms with van der Waals surface area (Å²) in [5.41, 5.74) is 0.309. The largest absolute Gasteiger partial charge is 0.494 e. The molecule has 1 rings (SSSR count). The van der Waals surface area contributed by atoms with Crippen molar-refractivity contribution in [2.45, 2.75) is 13.8 Å². The first-order valence-corrected chi connectivity index (χ1v) is 4.06. The van der Waals surface area contributed by atoms with Crippen LogP contribution in [0.25, 0.3) is 0 Å². The molecule has 72 valence electrons. The second-order valence-electron chi connectivity index (χ2n) is 2.01. The van der Waals surface area contributed by atoms with Gasteiger partial charge in [-0.2, -0.15) is 0 Å². The number of carbonyl (C=O) groups is 1. The third-order valence-electron chi connectivity index (χ3n) is 1.31. The van der Waals surface area contributed by atoms with E-state index in [-0.39, 0.29) is 5.75 Å². The second-order valence-corrected chi connectivity index (χ2v) is 2.01. The van der Waals surface area contributed by atoms with Crippen molar-refractivity contribution in [3.05, 3.63) is 29.6 Å². The minimum Gasteiger partial charge on any atom is -0.494 e. The maximum atomic E-state index is 12.8. The van der Waals surface area contributed by atoms with Crippen LogP contribution in [-0.4, -0.2) is 13.4 Å². The van der Waals surface area contributed by atoms with Crippen LogP contribution in [0.5, 0.6) is 5.75 Å². The SMILES string of the molecule is CC.COc1ccc(C=O)cc1F. The summed E-state index contributed by atoms with van der Waals surface area (Å²) in [6, 6.07) is 4.04. The molecule has 0 unspecified atom stereocenters. The molecule has 3 heteroatoms. The highest BCUT2D eigenvalue weighted by molar-refractivity contribution is 5.74.